The highest BCUT2D eigenvalue weighted by molar-refractivity contribution is 7.11. The summed E-state index contributed by atoms with van der Waals surface area (Å²) in [5.74, 6) is 0.828. The SMILES string of the molecule is CCc1ccc(CNC(=O)C(C)C2CNC2)s1.Cl. The van der Waals surface area contributed by atoms with E-state index in [0.717, 1.165) is 19.5 Å². The van der Waals surface area contributed by atoms with Gasteiger partial charge in [-0.05, 0) is 37.6 Å². The number of carbonyl (C=O) groups is 1. The topological polar surface area (TPSA) is 41.1 Å². The Kier molecular flexibility index (Phi) is 6.12. The van der Waals surface area contributed by atoms with E-state index in [2.05, 4.69) is 29.7 Å². The first-order chi connectivity index (χ1) is 8.20. The number of hydrogen-bond acceptors (Lipinski definition) is 3. The van der Waals surface area contributed by atoms with Gasteiger partial charge in [0.2, 0.25) is 5.91 Å². The van der Waals surface area contributed by atoms with E-state index in [1.807, 2.05) is 6.92 Å². The van der Waals surface area contributed by atoms with E-state index in [1.165, 1.54) is 9.75 Å². The van der Waals surface area contributed by atoms with Gasteiger partial charge in [-0.1, -0.05) is 13.8 Å². The highest BCUT2D eigenvalue weighted by Crippen LogP contribution is 2.18. The number of aryl methyl sites for hydroxylation is 1. The molecule has 1 aliphatic heterocycles. The maximum Gasteiger partial charge on any atom is 0.223 e. The van der Waals surface area contributed by atoms with Crippen LogP contribution in [0, 0.1) is 11.8 Å². The minimum absolute atomic E-state index is 0. The highest BCUT2D eigenvalue weighted by Gasteiger charge is 2.28. The summed E-state index contributed by atoms with van der Waals surface area (Å²) in [4.78, 5) is 14.5. The smallest absolute Gasteiger partial charge is 0.223 e. The Bertz CT molecular complexity index is 390. The molecule has 18 heavy (non-hydrogen) atoms. The van der Waals surface area contributed by atoms with E-state index in [4.69, 9.17) is 0 Å². The fraction of sp³-hybridized carbons (Fsp3) is 0.615. The lowest BCUT2D eigenvalue weighted by atomic mass is 9.88. The van der Waals surface area contributed by atoms with E-state index < -0.39 is 0 Å². The molecule has 1 amide bonds. The highest BCUT2D eigenvalue weighted by atomic mass is 35.5. The first-order valence-corrected chi connectivity index (χ1v) is 7.08. The second kappa shape index (κ2) is 7.12. The van der Waals surface area contributed by atoms with Crippen LogP contribution in [0.3, 0.4) is 0 Å². The van der Waals surface area contributed by atoms with Crippen molar-refractivity contribution in [2.24, 2.45) is 11.8 Å². The molecule has 0 aromatic carbocycles. The Morgan fingerprint density at radius 3 is 2.67 bits per heavy atom. The Balaban J connectivity index is 0.00000162. The van der Waals surface area contributed by atoms with Gasteiger partial charge in [-0.3, -0.25) is 4.79 Å². The zero-order valence-corrected chi connectivity index (χ0v) is 12.5. The number of thiophene rings is 1. The van der Waals surface area contributed by atoms with E-state index in [0.29, 0.717) is 12.5 Å². The number of nitrogens with one attached hydrogen (secondary N) is 2. The van der Waals surface area contributed by atoms with Crippen LogP contribution in [-0.4, -0.2) is 19.0 Å². The lowest BCUT2D eigenvalue weighted by molar-refractivity contribution is -0.126. The molecule has 1 atom stereocenters. The van der Waals surface area contributed by atoms with Crippen molar-refractivity contribution >= 4 is 29.7 Å². The molecule has 0 radical (unpaired) electrons. The van der Waals surface area contributed by atoms with Crippen molar-refractivity contribution in [1.29, 1.82) is 0 Å². The van der Waals surface area contributed by atoms with Crippen molar-refractivity contribution in [1.82, 2.24) is 10.6 Å². The fourth-order valence-electron chi connectivity index (χ4n) is 1.92. The standard InChI is InChI=1S/C13H20N2OS.ClH/c1-3-11-4-5-12(17-11)8-15-13(16)9(2)10-6-14-7-10;/h4-5,9-10,14H,3,6-8H2,1-2H3,(H,15,16);1H. The number of amides is 1. The zero-order valence-electron chi connectivity index (χ0n) is 10.9. The Labute approximate surface area is 119 Å². The quantitative estimate of drug-likeness (QED) is 0.872. The average molecular weight is 289 g/mol. The summed E-state index contributed by atoms with van der Waals surface area (Å²) in [6.45, 7) is 6.81. The van der Waals surface area contributed by atoms with Crippen LogP contribution in [0.15, 0.2) is 12.1 Å². The molecule has 5 heteroatoms. The molecule has 2 N–H and O–H groups in total. The molecule has 2 heterocycles. The maximum absolute atomic E-state index is 11.9. The van der Waals surface area contributed by atoms with Crippen molar-refractivity contribution in [3.05, 3.63) is 21.9 Å². The predicted octanol–water partition coefficient (Wildman–Crippen LogP) is 2.20. The molecule has 1 saturated heterocycles. The van der Waals surface area contributed by atoms with Crippen molar-refractivity contribution in [3.8, 4) is 0 Å². The molecule has 1 fully saturated rings. The van der Waals surface area contributed by atoms with Crippen molar-refractivity contribution in [2.75, 3.05) is 13.1 Å². The summed E-state index contributed by atoms with van der Waals surface area (Å²) in [5.41, 5.74) is 0. The fourth-order valence-corrected chi connectivity index (χ4v) is 2.82. The first-order valence-electron chi connectivity index (χ1n) is 6.26. The number of halogens is 1. The van der Waals surface area contributed by atoms with Crippen LogP contribution < -0.4 is 10.6 Å². The van der Waals surface area contributed by atoms with Gasteiger partial charge in [-0.2, -0.15) is 0 Å². The lowest BCUT2D eigenvalue weighted by Crippen LogP contribution is -2.49. The van der Waals surface area contributed by atoms with Gasteiger partial charge >= 0.3 is 0 Å². The first kappa shape index (κ1) is 15.5. The molecule has 0 aliphatic carbocycles. The molecule has 3 nitrogen and oxygen atoms in total. The third-order valence-electron chi connectivity index (χ3n) is 3.44. The van der Waals surface area contributed by atoms with E-state index >= 15 is 0 Å². The number of hydrogen-bond donors (Lipinski definition) is 2. The van der Waals surface area contributed by atoms with Gasteiger partial charge in [0.05, 0.1) is 6.54 Å². The van der Waals surface area contributed by atoms with Gasteiger partial charge in [-0.15, -0.1) is 23.7 Å². The third kappa shape index (κ3) is 3.70. The van der Waals surface area contributed by atoms with Gasteiger partial charge in [-0.25, -0.2) is 0 Å². The van der Waals surface area contributed by atoms with E-state index in [1.54, 1.807) is 11.3 Å². The molecule has 2 rings (SSSR count). The van der Waals surface area contributed by atoms with Crippen LogP contribution in [-0.2, 0) is 17.8 Å². The summed E-state index contributed by atoms with van der Waals surface area (Å²) in [7, 11) is 0. The Morgan fingerprint density at radius 1 is 1.50 bits per heavy atom. The third-order valence-corrected chi connectivity index (χ3v) is 4.67. The monoisotopic (exact) mass is 288 g/mol. The normalized spacial score (nSPS) is 16.6. The molecule has 102 valence electrons. The van der Waals surface area contributed by atoms with Crippen molar-refractivity contribution < 1.29 is 4.79 Å². The maximum atomic E-state index is 11.9. The molecule has 0 saturated carbocycles. The predicted molar refractivity (Wildman–Crippen MR) is 78.3 cm³/mol. The van der Waals surface area contributed by atoms with Crippen LogP contribution in [0.25, 0.3) is 0 Å². The van der Waals surface area contributed by atoms with Gasteiger partial charge in [0, 0.05) is 15.7 Å². The molecule has 1 unspecified atom stereocenters. The molecule has 1 aliphatic rings. The van der Waals surface area contributed by atoms with Crippen LogP contribution in [0.2, 0.25) is 0 Å². The molecule has 0 spiro atoms. The largest absolute Gasteiger partial charge is 0.351 e. The van der Waals surface area contributed by atoms with Crippen LogP contribution in [0.4, 0.5) is 0 Å². The minimum atomic E-state index is 0. The Hall–Kier alpha value is -0.580. The second-order valence-electron chi connectivity index (χ2n) is 4.65. The lowest BCUT2D eigenvalue weighted by Gasteiger charge is -2.31. The second-order valence-corrected chi connectivity index (χ2v) is 5.90. The summed E-state index contributed by atoms with van der Waals surface area (Å²) in [6, 6.07) is 4.25. The molecule has 0 bridgehead atoms. The van der Waals surface area contributed by atoms with Gasteiger partial charge < -0.3 is 10.6 Å². The molecular weight excluding hydrogens is 268 g/mol. The summed E-state index contributed by atoms with van der Waals surface area (Å²) >= 11 is 1.79. The van der Waals surface area contributed by atoms with E-state index in [-0.39, 0.29) is 24.2 Å². The van der Waals surface area contributed by atoms with Crippen molar-refractivity contribution in [2.45, 2.75) is 26.8 Å². The average Bonchev–Trinajstić information content (AvgIpc) is 2.71. The number of carbonyl (C=O) groups excluding carboxylic acids is 1. The van der Waals surface area contributed by atoms with Gasteiger partial charge in [0.15, 0.2) is 0 Å². The van der Waals surface area contributed by atoms with Crippen LogP contribution in [0.5, 0.6) is 0 Å². The van der Waals surface area contributed by atoms with Crippen LogP contribution >= 0.6 is 23.7 Å². The zero-order chi connectivity index (χ0) is 12.3. The summed E-state index contributed by atoms with van der Waals surface area (Å²) in [5, 5.41) is 6.23. The summed E-state index contributed by atoms with van der Waals surface area (Å²) in [6.07, 6.45) is 1.07. The van der Waals surface area contributed by atoms with E-state index in [9.17, 15) is 4.79 Å². The minimum Gasteiger partial charge on any atom is -0.351 e. The number of rotatable bonds is 5. The van der Waals surface area contributed by atoms with Gasteiger partial charge in [0.1, 0.15) is 0 Å². The molecule has 1 aromatic heterocycles. The van der Waals surface area contributed by atoms with Crippen molar-refractivity contribution in [3.63, 3.8) is 0 Å². The van der Waals surface area contributed by atoms with Crippen LogP contribution in [0.1, 0.15) is 23.6 Å². The molecule has 1 aromatic rings. The Morgan fingerprint density at radius 2 is 2.17 bits per heavy atom. The summed E-state index contributed by atoms with van der Waals surface area (Å²) < 4.78 is 0. The van der Waals surface area contributed by atoms with Gasteiger partial charge in [0.25, 0.3) is 0 Å². The molecular formula is C13H21ClN2OS.